The third-order valence-electron chi connectivity index (χ3n) is 5.46. The van der Waals surface area contributed by atoms with Crippen molar-refractivity contribution >= 4 is 0 Å². The van der Waals surface area contributed by atoms with Gasteiger partial charge in [0.05, 0.1) is 0 Å². The Morgan fingerprint density at radius 2 is 1.80 bits per heavy atom. The molecule has 2 aliphatic rings. The Balaban J connectivity index is 1.97. The fourth-order valence-corrected chi connectivity index (χ4v) is 3.91. The maximum atomic E-state index is 3.83. The van der Waals surface area contributed by atoms with Gasteiger partial charge in [0.25, 0.3) is 0 Å². The van der Waals surface area contributed by atoms with Gasteiger partial charge in [-0.2, -0.15) is 0 Å². The van der Waals surface area contributed by atoms with E-state index in [0.29, 0.717) is 0 Å². The molecule has 3 atom stereocenters. The van der Waals surface area contributed by atoms with Gasteiger partial charge in [-0.25, -0.2) is 0 Å². The summed E-state index contributed by atoms with van der Waals surface area (Å²) in [7, 11) is 2.25. The number of piperazine rings is 1. The van der Waals surface area contributed by atoms with Crippen molar-refractivity contribution in [1.29, 1.82) is 0 Å². The van der Waals surface area contributed by atoms with Crippen LogP contribution in [0.2, 0.25) is 0 Å². The third kappa shape index (κ3) is 4.19. The Kier molecular flexibility index (Phi) is 6.31. The predicted molar refractivity (Wildman–Crippen MR) is 87.1 cm³/mol. The molecule has 1 aliphatic heterocycles. The van der Waals surface area contributed by atoms with Crippen LogP contribution >= 0.6 is 0 Å². The number of likely N-dealkylation sites (N-methyl/N-ethyl adjacent to an activating group) is 1. The smallest absolute Gasteiger partial charge is 0.0253 e. The fraction of sp³-hybridized carbons (Fsp3) is 1.00. The quantitative estimate of drug-likeness (QED) is 0.835. The van der Waals surface area contributed by atoms with Crippen molar-refractivity contribution in [3.63, 3.8) is 0 Å². The molecule has 1 saturated carbocycles. The molecule has 3 nitrogen and oxygen atoms in total. The van der Waals surface area contributed by atoms with E-state index >= 15 is 0 Å². The lowest BCUT2D eigenvalue weighted by molar-refractivity contribution is 0.0475. The van der Waals surface area contributed by atoms with E-state index in [1.54, 1.807) is 0 Å². The predicted octanol–water partition coefficient (Wildman–Crippen LogP) is 2.43. The number of rotatable bonds is 5. The van der Waals surface area contributed by atoms with Crippen molar-refractivity contribution in [2.24, 2.45) is 11.8 Å². The number of hydrogen-bond acceptors (Lipinski definition) is 3. The molecule has 0 aromatic carbocycles. The molecule has 1 saturated heterocycles. The van der Waals surface area contributed by atoms with Crippen molar-refractivity contribution in [3.05, 3.63) is 0 Å². The molecule has 3 heteroatoms. The summed E-state index contributed by atoms with van der Waals surface area (Å²) in [6.45, 7) is 13.3. The molecule has 1 aliphatic carbocycles. The van der Waals surface area contributed by atoms with E-state index in [0.717, 1.165) is 23.9 Å². The van der Waals surface area contributed by atoms with Gasteiger partial charge in [0.1, 0.15) is 0 Å². The zero-order valence-corrected chi connectivity index (χ0v) is 14.1. The topological polar surface area (TPSA) is 18.5 Å². The molecule has 1 heterocycles. The van der Waals surface area contributed by atoms with Gasteiger partial charge >= 0.3 is 0 Å². The minimum Gasteiger partial charge on any atom is -0.312 e. The number of nitrogens with one attached hydrogen (secondary N) is 1. The Morgan fingerprint density at radius 3 is 2.40 bits per heavy atom. The summed E-state index contributed by atoms with van der Waals surface area (Å²) in [5.74, 6) is 1.77. The van der Waals surface area contributed by atoms with Gasteiger partial charge in [0, 0.05) is 38.3 Å². The summed E-state index contributed by atoms with van der Waals surface area (Å²) in [4.78, 5) is 5.25. The second-order valence-corrected chi connectivity index (χ2v) is 7.28. The molecule has 20 heavy (non-hydrogen) atoms. The van der Waals surface area contributed by atoms with Gasteiger partial charge in [-0.05, 0) is 51.1 Å². The third-order valence-corrected chi connectivity index (χ3v) is 5.46. The first-order valence-corrected chi connectivity index (χ1v) is 8.77. The highest BCUT2D eigenvalue weighted by atomic mass is 15.3. The van der Waals surface area contributed by atoms with Crippen LogP contribution in [0.3, 0.4) is 0 Å². The van der Waals surface area contributed by atoms with Crippen molar-refractivity contribution < 1.29 is 0 Å². The van der Waals surface area contributed by atoms with Gasteiger partial charge in [0.15, 0.2) is 0 Å². The molecule has 0 bridgehead atoms. The highest BCUT2D eigenvalue weighted by Crippen LogP contribution is 2.33. The standard InChI is InChI=1S/C17H35N3/c1-5-8-18-16-7-6-15(14(2)3)13-17(16)20-11-9-19(4)10-12-20/h14-18H,5-13H2,1-4H3. The van der Waals surface area contributed by atoms with E-state index in [1.807, 2.05) is 0 Å². The Labute approximate surface area is 126 Å². The first kappa shape index (κ1) is 16.3. The van der Waals surface area contributed by atoms with E-state index in [2.05, 4.69) is 42.9 Å². The van der Waals surface area contributed by atoms with Crippen LogP contribution in [0.4, 0.5) is 0 Å². The van der Waals surface area contributed by atoms with E-state index in [1.165, 1.54) is 58.4 Å². The normalized spacial score (nSPS) is 33.8. The van der Waals surface area contributed by atoms with E-state index < -0.39 is 0 Å². The van der Waals surface area contributed by atoms with Crippen molar-refractivity contribution in [2.45, 2.75) is 58.5 Å². The lowest BCUT2D eigenvalue weighted by Gasteiger charge is -2.46. The van der Waals surface area contributed by atoms with Crippen LogP contribution in [0.25, 0.3) is 0 Å². The molecular weight excluding hydrogens is 246 g/mol. The van der Waals surface area contributed by atoms with E-state index in [9.17, 15) is 0 Å². The van der Waals surface area contributed by atoms with Crippen LogP contribution in [0.15, 0.2) is 0 Å². The van der Waals surface area contributed by atoms with Crippen molar-refractivity contribution in [3.8, 4) is 0 Å². The lowest BCUT2D eigenvalue weighted by atomic mass is 9.76. The van der Waals surface area contributed by atoms with E-state index in [-0.39, 0.29) is 0 Å². The maximum absolute atomic E-state index is 3.83. The highest BCUT2D eigenvalue weighted by molar-refractivity contribution is 4.93. The average Bonchev–Trinajstić information content (AvgIpc) is 2.45. The molecule has 3 unspecified atom stereocenters. The van der Waals surface area contributed by atoms with Gasteiger partial charge in [-0.1, -0.05) is 20.8 Å². The summed E-state index contributed by atoms with van der Waals surface area (Å²) in [5.41, 5.74) is 0. The Hall–Kier alpha value is -0.120. The lowest BCUT2D eigenvalue weighted by Crippen LogP contribution is -2.58. The molecule has 0 spiro atoms. The molecule has 2 rings (SSSR count). The van der Waals surface area contributed by atoms with Crippen LogP contribution in [-0.2, 0) is 0 Å². The zero-order valence-electron chi connectivity index (χ0n) is 14.1. The van der Waals surface area contributed by atoms with Gasteiger partial charge in [0.2, 0.25) is 0 Å². The van der Waals surface area contributed by atoms with Gasteiger partial charge in [-0.15, -0.1) is 0 Å². The van der Waals surface area contributed by atoms with Crippen LogP contribution < -0.4 is 5.32 Å². The average molecular weight is 281 g/mol. The first-order valence-electron chi connectivity index (χ1n) is 8.77. The van der Waals surface area contributed by atoms with Crippen molar-refractivity contribution in [1.82, 2.24) is 15.1 Å². The van der Waals surface area contributed by atoms with Gasteiger partial charge < -0.3 is 10.2 Å². The minimum absolute atomic E-state index is 0.730. The largest absolute Gasteiger partial charge is 0.312 e. The van der Waals surface area contributed by atoms with Crippen LogP contribution in [-0.4, -0.2) is 61.7 Å². The summed E-state index contributed by atoms with van der Waals surface area (Å²) < 4.78 is 0. The second-order valence-electron chi connectivity index (χ2n) is 7.28. The molecule has 0 amide bonds. The minimum atomic E-state index is 0.730. The second kappa shape index (κ2) is 7.77. The fourth-order valence-electron chi connectivity index (χ4n) is 3.91. The van der Waals surface area contributed by atoms with Crippen LogP contribution in [0.5, 0.6) is 0 Å². The summed E-state index contributed by atoms with van der Waals surface area (Å²) in [5, 5.41) is 3.83. The SMILES string of the molecule is CCCNC1CCC(C(C)C)CC1N1CCN(C)CC1. The molecule has 0 aromatic rings. The summed E-state index contributed by atoms with van der Waals surface area (Å²) in [6.07, 6.45) is 5.45. The zero-order chi connectivity index (χ0) is 14.5. The van der Waals surface area contributed by atoms with Crippen LogP contribution in [0, 0.1) is 11.8 Å². The molecule has 0 radical (unpaired) electrons. The number of hydrogen-bond donors (Lipinski definition) is 1. The highest BCUT2D eigenvalue weighted by Gasteiger charge is 2.35. The molecule has 0 aromatic heterocycles. The van der Waals surface area contributed by atoms with E-state index in [4.69, 9.17) is 0 Å². The number of nitrogens with zero attached hydrogens (tertiary/aromatic N) is 2. The molecule has 2 fully saturated rings. The molecule has 1 N–H and O–H groups in total. The molecule has 118 valence electrons. The maximum Gasteiger partial charge on any atom is 0.0253 e. The summed E-state index contributed by atoms with van der Waals surface area (Å²) >= 11 is 0. The summed E-state index contributed by atoms with van der Waals surface area (Å²) in [6, 6.07) is 1.50. The van der Waals surface area contributed by atoms with Gasteiger partial charge in [-0.3, -0.25) is 4.90 Å². The first-order chi connectivity index (χ1) is 9.61. The van der Waals surface area contributed by atoms with Crippen molar-refractivity contribution in [2.75, 3.05) is 39.8 Å². The molecular formula is C17H35N3. The Morgan fingerprint density at radius 1 is 1.10 bits per heavy atom. The monoisotopic (exact) mass is 281 g/mol. The van der Waals surface area contributed by atoms with Crippen LogP contribution in [0.1, 0.15) is 46.5 Å². The Bertz CT molecular complexity index is 267.